The summed E-state index contributed by atoms with van der Waals surface area (Å²) < 4.78 is 0. The second-order valence-corrected chi connectivity index (χ2v) is 7.30. The number of likely N-dealkylation sites (N-methyl/N-ethyl adjacent to an activating group) is 1. The van der Waals surface area contributed by atoms with Gasteiger partial charge in [0.1, 0.15) is 0 Å². The molecule has 0 bridgehead atoms. The zero-order chi connectivity index (χ0) is 17.8. The summed E-state index contributed by atoms with van der Waals surface area (Å²) in [7, 11) is 0. The summed E-state index contributed by atoms with van der Waals surface area (Å²) in [5.74, 6) is 0.302. The van der Waals surface area contributed by atoms with Crippen molar-refractivity contribution in [1.82, 2.24) is 14.7 Å². The third-order valence-electron chi connectivity index (χ3n) is 5.82. The Morgan fingerprint density at radius 2 is 1.56 bits per heavy atom. The minimum atomic E-state index is 0.302. The molecule has 1 aromatic carbocycles. The van der Waals surface area contributed by atoms with Crippen LogP contribution in [-0.4, -0.2) is 86.1 Å². The van der Waals surface area contributed by atoms with E-state index in [1.54, 1.807) is 0 Å². The quantitative estimate of drug-likeness (QED) is 0.830. The van der Waals surface area contributed by atoms with Gasteiger partial charge in [0.25, 0.3) is 0 Å². The van der Waals surface area contributed by atoms with Crippen LogP contribution in [0.4, 0.5) is 5.69 Å². The number of carbonyl (C=O) groups excluding carboxylic acids is 1. The molecule has 0 radical (unpaired) electrons. The predicted octanol–water partition coefficient (Wildman–Crippen LogP) is 1.59. The lowest BCUT2D eigenvalue weighted by molar-refractivity contribution is -0.134. The number of rotatable bonds is 4. The Labute approximate surface area is 152 Å². The number of amides is 1. The van der Waals surface area contributed by atoms with Gasteiger partial charge in [0.05, 0.1) is 6.54 Å². The normalized spacial score (nSPS) is 20.1. The molecule has 3 rings (SSSR count). The number of anilines is 1. The van der Waals surface area contributed by atoms with Crippen molar-refractivity contribution in [2.75, 3.05) is 70.3 Å². The maximum atomic E-state index is 12.6. The van der Waals surface area contributed by atoms with Crippen molar-refractivity contribution in [3.05, 3.63) is 29.3 Å². The van der Waals surface area contributed by atoms with Crippen LogP contribution < -0.4 is 4.90 Å². The molecule has 0 N–H and O–H groups in total. The average molecular weight is 345 g/mol. The summed E-state index contributed by atoms with van der Waals surface area (Å²) in [4.78, 5) is 21.8. The van der Waals surface area contributed by atoms with Crippen LogP contribution >= 0.6 is 0 Å². The predicted molar refractivity (Wildman–Crippen MR) is 103 cm³/mol. The number of hydrogen-bond acceptors (Lipinski definition) is 4. The number of hydrogen-bond donors (Lipinski definition) is 0. The molecule has 1 amide bonds. The summed E-state index contributed by atoms with van der Waals surface area (Å²) in [6.07, 6.45) is 0. The lowest BCUT2D eigenvalue weighted by Gasteiger charge is -2.39. The molecular formula is C20H32N4O. The summed E-state index contributed by atoms with van der Waals surface area (Å²) in [5.41, 5.74) is 4.07. The van der Waals surface area contributed by atoms with Crippen molar-refractivity contribution in [1.29, 1.82) is 0 Å². The van der Waals surface area contributed by atoms with Gasteiger partial charge in [-0.1, -0.05) is 19.1 Å². The summed E-state index contributed by atoms with van der Waals surface area (Å²) in [6, 6.07) is 6.53. The Bertz CT molecular complexity index is 587. The van der Waals surface area contributed by atoms with Crippen molar-refractivity contribution in [3.8, 4) is 0 Å². The summed E-state index contributed by atoms with van der Waals surface area (Å²) in [5, 5.41) is 0. The molecule has 2 fully saturated rings. The molecule has 5 nitrogen and oxygen atoms in total. The molecule has 2 aliphatic heterocycles. The van der Waals surface area contributed by atoms with Gasteiger partial charge >= 0.3 is 0 Å². The molecule has 138 valence electrons. The number of nitrogens with zero attached hydrogens (tertiary/aromatic N) is 4. The van der Waals surface area contributed by atoms with Gasteiger partial charge < -0.3 is 14.7 Å². The van der Waals surface area contributed by atoms with Crippen LogP contribution in [0.3, 0.4) is 0 Å². The van der Waals surface area contributed by atoms with Crippen molar-refractivity contribution in [3.63, 3.8) is 0 Å². The molecule has 25 heavy (non-hydrogen) atoms. The molecule has 5 heteroatoms. The van der Waals surface area contributed by atoms with Gasteiger partial charge in [-0.2, -0.15) is 0 Å². The molecule has 0 aliphatic carbocycles. The SMILES string of the molecule is CCN1CCN(C(=O)CN2CCN(c3cccc(C)c3C)CC2)CC1. The van der Waals surface area contributed by atoms with Crippen LogP contribution in [0, 0.1) is 13.8 Å². The van der Waals surface area contributed by atoms with E-state index in [9.17, 15) is 4.79 Å². The third kappa shape index (κ3) is 4.33. The van der Waals surface area contributed by atoms with Gasteiger partial charge in [-0.25, -0.2) is 0 Å². The molecule has 1 aromatic rings. The van der Waals surface area contributed by atoms with Crippen LogP contribution in [0.15, 0.2) is 18.2 Å². The first-order chi connectivity index (χ1) is 12.1. The van der Waals surface area contributed by atoms with Crippen molar-refractivity contribution >= 4 is 11.6 Å². The number of benzene rings is 1. The highest BCUT2D eigenvalue weighted by Gasteiger charge is 2.24. The summed E-state index contributed by atoms with van der Waals surface area (Å²) >= 11 is 0. The second kappa shape index (κ2) is 8.19. The fraction of sp³-hybridized carbons (Fsp3) is 0.650. The topological polar surface area (TPSA) is 30.0 Å². The lowest BCUT2D eigenvalue weighted by atomic mass is 10.1. The van der Waals surface area contributed by atoms with Crippen LogP contribution in [0.5, 0.6) is 0 Å². The number of carbonyl (C=O) groups is 1. The maximum absolute atomic E-state index is 12.6. The van der Waals surface area contributed by atoms with E-state index in [2.05, 4.69) is 53.7 Å². The van der Waals surface area contributed by atoms with E-state index in [-0.39, 0.29) is 0 Å². The van der Waals surface area contributed by atoms with Gasteiger partial charge in [-0.15, -0.1) is 0 Å². The van der Waals surface area contributed by atoms with Gasteiger partial charge in [-0.3, -0.25) is 9.69 Å². The van der Waals surface area contributed by atoms with E-state index >= 15 is 0 Å². The van der Waals surface area contributed by atoms with Crippen LogP contribution in [0.25, 0.3) is 0 Å². The van der Waals surface area contributed by atoms with E-state index in [4.69, 9.17) is 0 Å². The summed E-state index contributed by atoms with van der Waals surface area (Å²) in [6.45, 7) is 16.0. The zero-order valence-corrected chi connectivity index (χ0v) is 16.0. The lowest BCUT2D eigenvalue weighted by Crippen LogP contribution is -2.53. The molecule has 0 saturated carbocycles. The standard InChI is InChI=1S/C20H32N4O/c1-4-21-8-14-24(15-9-21)20(25)16-22-10-12-23(13-11-22)19-7-5-6-17(2)18(19)3/h5-7H,4,8-16H2,1-3H3. The largest absolute Gasteiger partial charge is 0.369 e. The second-order valence-electron chi connectivity index (χ2n) is 7.30. The molecule has 0 spiro atoms. The van der Waals surface area contributed by atoms with Gasteiger partial charge in [0.15, 0.2) is 0 Å². The first-order valence-corrected chi connectivity index (χ1v) is 9.62. The molecule has 2 aliphatic rings. The Hall–Kier alpha value is -1.59. The zero-order valence-electron chi connectivity index (χ0n) is 16.0. The molecule has 0 atom stereocenters. The Morgan fingerprint density at radius 3 is 2.20 bits per heavy atom. The van der Waals surface area contributed by atoms with Crippen molar-refractivity contribution in [2.45, 2.75) is 20.8 Å². The van der Waals surface area contributed by atoms with Gasteiger partial charge in [-0.05, 0) is 37.6 Å². The number of piperazine rings is 2. The molecule has 2 saturated heterocycles. The van der Waals surface area contributed by atoms with Crippen LogP contribution in [0.2, 0.25) is 0 Å². The van der Waals surface area contributed by atoms with Gasteiger partial charge in [0.2, 0.25) is 5.91 Å². The number of aryl methyl sites for hydroxylation is 1. The minimum absolute atomic E-state index is 0.302. The molecule has 2 heterocycles. The van der Waals surface area contributed by atoms with E-state index in [0.717, 1.165) is 58.9 Å². The highest BCUT2D eigenvalue weighted by molar-refractivity contribution is 5.78. The van der Waals surface area contributed by atoms with E-state index in [0.29, 0.717) is 12.5 Å². The van der Waals surface area contributed by atoms with Crippen LogP contribution in [-0.2, 0) is 4.79 Å². The van der Waals surface area contributed by atoms with Crippen molar-refractivity contribution in [2.24, 2.45) is 0 Å². The fourth-order valence-electron chi connectivity index (χ4n) is 3.83. The van der Waals surface area contributed by atoms with E-state index < -0.39 is 0 Å². The Balaban J connectivity index is 1.48. The maximum Gasteiger partial charge on any atom is 0.236 e. The molecular weight excluding hydrogens is 312 g/mol. The van der Waals surface area contributed by atoms with Gasteiger partial charge in [0, 0.05) is 58.0 Å². The Morgan fingerprint density at radius 1 is 0.920 bits per heavy atom. The first-order valence-electron chi connectivity index (χ1n) is 9.62. The fourth-order valence-corrected chi connectivity index (χ4v) is 3.83. The third-order valence-corrected chi connectivity index (χ3v) is 5.82. The molecule has 0 unspecified atom stereocenters. The first kappa shape index (κ1) is 18.2. The smallest absolute Gasteiger partial charge is 0.236 e. The Kier molecular flexibility index (Phi) is 5.97. The minimum Gasteiger partial charge on any atom is -0.369 e. The average Bonchev–Trinajstić information content (AvgIpc) is 2.65. The van der Waals surface area contributed by atoms with E-state index in [1.165, 1.54) is 16.8 Å². The highest BCUT2D eigenvalue weighted by atomic mass is 16.2. The van der Waals surface area contributed by atoms with Crippen LogP contribution in [0.1, 0.15) is 18.1 Å². The van der Waals surface area contributed by atoms with Crippen molar-refractivity contribution < 1.29 is 4.79 Å². The van der Waals surface area contributed by atoms with E-state index in [1.807, 2.05) is 4.90 Å². The highest BCUT2D eigenvalue weighted by Crippen LogP contribution is 2.23. The molecule has 0 aromatic heterocycles. The monoisotopic (exact) mass is 344 g/mol.